The lowest BCUT2D eigenvalue weighted by Gasteiger charge is -2.18. The lowest BCUT2D eigenvalue weighted by Crippen LogP contribution is -2.30. The molecule has 444 valence electrons. The fourth-order valence-electron chi connectivity index (χ4n) is 8.87. The lowest BCUT2D eigenvalue weighted by molar-refractivity contribution is -0.167. The molecule has 0 spiro atoms. The van der Waals surface area contributed by atoms with E-state index in [1.807, 2.05) is 0 Å². The first-order valence-electron chi connectivity index (χ1n) is 32.5. The van der Waals surface area contributed by atoms with Crippen LogP contribution in [0.4, 0.5) is 0 Å². The van der Waals surface area contributed by atoms with Gasteiger partial charge in [-0.25, -0.2) is 0 Å². The molecular formula is C72H120O6. The summed E-state index contributed by atoms with van der Waals surface area (Å²) in [5, 5.41) is 0. The molecule has 0 amide bonds. The van der Waals surface area contributed by atoms with Crippen LogP contribution < -0.4 is 0 Å². The van der Waals surface area contributed by atoms with Crippen molar-refractivity contribution in [1.82, 2.24) is 0 Å². The summed E-state index contributed by atoms with van der Waals surface area (Å²) in [6.07, 6.45) is 90.5. The van der Waals surface area contributed by atoms with Crippen molar-refractivity contribution < 1.29 is 28.6 Å². The van der Waals surface area contributed by atoms with Crippen LogP contribution in [0.2, 0.25) is 0 Å². The van der Waals surface area contributed by atoms with Crippen LogP contribution in [0.1, 0.15) is 297 Å². The van der Waals surface area contributed by atoms with E-state index in [1.165, 1.54) is 122 Å². The molecule has 0 fully saturated rings. The molecular weight excluding hydrogens is 961 g/mol. The molecule has 0 aromatic rings. The highest BCUT2D eigenvalue weighted by molar-refractivity contribution is 5.71. The average molecular weight is 1080 g/mol. The Morgan fingerprint density at radius 2 is 0.500 bits per heavy atom. The normalized spacial score (nSPS) is 12.9. The molecule has 0 aliphatic carbocycles. The Hall–Kier alpha value is -4.19. The highest BCUT2D eigenvalue weighted by Crippen LogP contribution is 2.16. The molecule has 6 nitrogen and oxygen atoms in total. The van der Waals surface area contributed by atoms with Crippen LogP contribution in [-0.2, 0) is 28.6 Å². The first kappa shape index (κ1) is 73.8. The standard InChI is InChI=1S/C72H120O6/c1-4-7-10-13-16-19-22-25-28-31-34-35-36-37-39-41-44-47-50-53-56-59-62-65-71(74)77-68-69(67-76-70(73)64-61-58-55-52-49-46-43-40-33-30-27-24-21-18-15-12-9-6-3)78-72(75)66-63-60-57-54-51-48-45-42-38-32-29-26-23-20-17-14-11-8-5-2/h7-8,10-11,16-17,19-21,24-26,28-30,33-35,38,42,69H,4-6,9,12-15,18,22-23,27,31-32,36-37,39-41,43-68H2,1-3H3/b10-7-,11-8-,19-16-,20-17-,24-21-,28-25-,29-26-,33-30-,35-34-,42-38-. The summed E-state index contributed by atoms with van der Waals surface area (Å²) in [5.74, 6) is -0.910. The zero-order chi connectivity index (χ0) is 56.4. The minimum Gasteiger partial charge on any atom is -0.462 e. The maximum absolute atomic E-state index is 12.9. The first-order chi connectivity index (χ1) is 38.5. The summed E-state index contributed by atoms with van der Waals surface area (Å²) in [4.78, 5) is 38.4. The number of ether oxygens (including phenoxy) is 3. The monoisotopic (exact) mass is 1080 g/mol. The lowest BCUT2D eigenvalue weighted by atomic mass is 10.1. The van der Waals surface area contributed by atoms with Crippen LogP contribution >= 0.6 is 0 Å². The third kappa shape index (κ3) is 62.7. The van der Waals surface area contributed by atoms with Gasteiger partial charge in [-0.05, 0) is 128 Å². The third-order valence-corrected chi connectivity index (χ3v) is 13.7. The second kappa shape index (κ2) is 65.3. The molecule has 0 bridgehead atoms. The van der Waals surface area contributed by atoms with Crippen molar-refractivity contribution in [3.8, 4) is 0 Å². The molecule has 0 aromatic heterocycles. The van der Waals surface area contributed by atoms with Crippen molar-refractivity contribution in [2.24, 2.45) is 0 Å². The summed E-state index contributed by atoms with van der Waals surface area (Å²) < 4.78 is 16.9. The van der Waals surface area contributed by atoms with E-state index in [4.69, 9.17) is 14.2 Å². The quantitative estimate of drug-likeness (QED) is 0.0261. The highest BCUT2D eigenvalue weighted by atomic mass is 16.6. The number of carbonyl (C=O) groups excluding carboxylic acids is 3. The zero-order valence-electron chi connectivity index (χ0n) is 50.9. The van der Waals surface area contributed by atoms with E-state index >= 15 is 0 Å². The Kier molecular flexibility index (Phi) is 61.8. The smallest absolute Gasteiger partial charge is 0.306 e. The fourth-order valence-corrected chi connectivity index (χ4v) is 8.87. The predicted octanol–water partition coefficient (Wildman–Crippen LogP) is 22.4. The molecule has 0 heterocycles. The van der Waals surface area contributed by atoms with E-state index in [-0.39, 0.29) is 31.1 Å². The molecule has 0 N–H and O–H groups in total. The number of esters is 3. The van der Waals surface area contributed by atoms with Gasteiger partial charge in [0, 0.05) is 19.3 Å². The Morgan fingerprint density at radius 3 is 0.782 bits per heavy atom. The van der Waals surface area contributed by atoms with E-state index in [0.29, 0.717) is 19.3 Å². The molecule has 0 saturated heterocycles. The number of allylic oxidation sites excluding steroid dienone is 20. The van der Waals surface area contributed by atoms with Gasteiger partial charge in [0.2, 0.25) is 0 Å². The topological polar surface area (TPSA) is 78.9 Å². The molecule has 1 atom stereocenters. The van der Waals surface area contributed by atoms with Gasteiger partial charge >= 0.3 is 17.9 Å². The number of hydrogen-bond acceptors (Lipinski definition) is 6. The Bertz CT molecular complexity index is 1620. The molecule has 78 heavy (non-hydrogen) atoms. The number of unbranched alkanes of at least 4 members (excludes halogenated alkanes) is 27. The van der Waals surface area contributed by atoms with Crippen LogP contribution in [0.15, 0.2) is 122 Å². The van der Waals surface area contributed by atoms with Crippen LogP contribution in [0.25, 0.3) is 0 Å². The van der Waals surface area contributed by atoms with Gasteiger partial charge in [-0.15, -0.1) is 0 Å². The minimum atomic E-state index is -0.796. The fraction of sp³-hybridized carbons (Fsp3) is 0.681. The average Bonchev–Trinajstić information content (AvgIpc) is 3.44. The summed E-state index contributed by atoms with van der Waals surface area (Å²) >= 11 is 0. The minimum absolute atomic E-state index is 0.0907. The molecule has 0 aliphatic rings. The van der Waals surface area contributed by atoms with Gasteiger partial charge in [0.15, 0.2) is 6.10 Å². The largest absolute Gasteiger partial charge is 0.462 e. The van der Waals surface area contributed by atoms with Crippen molar-refractivity contribution >= 4 is 17.9 Å². The zero-order valence-corrected chi connectivity index (χ0v) is 50.9. The van der Waals surface area contributed by atoms with Crippen molar-refractivity contribution in [3.05, 3.63) is 122 Å². The molecule has 0 saturated carbocycles. The van der Waals surface area contributed by atoms with Crippen LogP contribution in [0.3, 0.4) is 0 Å². The predicted molar refractivity (Wildman–Crippen MR) is 339 cm³/mol. The van der Waals surface area contributed by atoms with E-state index in [9.17, 15) is 14.4 Å². The third-order valence-electron chi connectivity index (χ3n) is 13.7. The maximum Gasteiger partial charge on any atom is 0.306 e. The van der Waals surface area contributed by atoms with Crippen LogP contribution in [-0.4, -0.2) is 37.2 Å². The van der Waals surface area contributed by atoms with Crippen LogP contribution in [0, 0.1) is 0 Å². The molecule has 0 rings (SSSR count). The van der Waals surface area contributed by atoms with Crippen molar-refractivity contribution in [2.75, 3.05) is 13.2 Å². The summed E-state index contributed by atoms with van der Waals surface area (Å²) in [5.41, 5.74) is 0. The maximum atomic E-state index is 12.9. The summed E-state index contributed by atoms with van der Waals surface area (Å²) in [6.45, 7) is 6.40. The Labute approximate surface area is 482 Å². The second-order valence-electron chi connectivity index (χ2n) is 21.3. The SMILES string of the molecule is CC/C=C\C/C=C\C/C=C\C/C=C\CCCCCCCCCCCCC(=O)OCC(COC(=O)CCCCCCCCC/C=C\C/C=C\CCCCCC)OC(=O)CCCCCCCC/C=C\C/C=C\C/C=C\C/C=C\CC. The van der Waals surface area contributed by atoms with E-state index in [0.717, 1.165) is 135 Å². The van der Waals surface area contributed by atoms with Crippen molar-refractivity contribution in [3.63, 3.8) is 0 Å². The van der Waals surface area contributed by atoms with Gasteiger partial charge < -0.3 is 14.2 Å². The molecule has 0 radical (unpaired) electrons. The summed E-state index contributed by atoms with van der Waals surface area (Å²) in [7, 11) is 0. The number of hydrogen-bond donors (Lipinski definition) is 0. The summed E-state index contributed by atoms with van der Waals surface area (Å²) in [6, 6.07) is 0. The molecule has 0 aromatic carbocycles. The number of rotatable bonds is 58. The first-order valence-corrected chi connectivity index (χ1v) is 32.5. The van der Waals surface area contributed by atoms with E-state index in [2.05, 4.69) is 142 Å². The Balaban J connectivity index is 4.43. The molecule has 0 aliphatic heterocycles. The van der Waals surface area contributed by atoms with Gasteiger partial charge in [0.25, 0.3) is 0 Å². The van der Waals surface area contributed by atoms with Crippen molar-refractivity contribution in [2.45, 2.75) is 303 Å². The van der Waals surface area contributed by atoms with E-state index in [1.54, 1.807) is 0 Å². The molecule has 1 unspecified atom stereocenters. The van der Waals surface area contributed by atoms with Gasteiger partial charge in [0.1, 0.15) is 13.2 Å². The van der Waals surface area contributed by atoms with Crippen molar-refractivity contribution in [1.29, 1.82) is 0 Å². The van der Waals surface area contributed by atoms with Gasteiger partial charge in [-0.3, -0.25) is 14.4 Å². The van der Waals surface area contributed by atoms with Gasteiger partial charge in [-0.1, -0.05) is 271 Å². The Morgan fingerprint density at radius 1 is 0.269 bits per heavy atom. The van der Waals surface area contributed by atoms with Crippen LogP contribution in [0.5, 0.6) is 0 Å². The van der Waals surface area contributed by atoms with Gasteiger partial charge in [0.05, 0.1) is 0 Å². The van der Waals surface area contributed by atoms with E-state index < -0.39 is 6.10 Å². The molecule has 6 heteroatoms. The van der Waals surface area contributed by atoms with Gasteiger partial charge in [-0.2, -0.15) is 0 Å². The second-order valence-corrected chi connectivity index (χ2v) is 21.3. The highest BCUT2D eigenvalue weighted by Gasteiger charge is 2.19. The number of carbonyl (C=O) groups is 3.